The Morgan fingerprint density at radius 1 is 1.07 bits per heavy atom. The van der Waals surface area contributed by atoms with E-state index in [0.717, 1.165) is 29.5 Å². The van der Waals surface area contributed by atoms with Crippen LogP contribution in [-0.4, -0.2) is 31.6 Å². The third kappa shape index (κ3) is 4.27. The topological polar surface area (TPSA) is 73.5 Å². The Morgan fingerprint density at radius 2 is 1.82 bits per heavy atom. The molecule has 2 aromatic carbocycles. The van der Waals surface area contributed by atoms with E-state index >= 15 is 0 Å². The van der Waals surface area contributed by atoms with E-state index in [1.165, 1.54) is 25.7 Å². The first-order chi connectivity index (χ1) is 13.7. The number of amides is 3. The van der Waals surface area contributed by atoms with Gasteiger partial charge in [0.2, 0.25) is 0 Å². The first-order valence-electron chi connectivity index (χ1n) is 10.00. The van der Waals surface area contributed by atoms with Gasteiger partial charge in [0, 0.05) is 42.3 Å². The minimum Gasteiger partial charge on any atom is -0.385 e. The van der Waals surface area contributed by atoms with Crippen LogP contribution in [0, 0.1) is 5.92 Å². The van der Waals surface area contributed by atoms with Crippen molar-refractivity contribution in [2.24, 2.45) is 5.92 Å². The summed E-state index contributed by atoms with van der Waals surface area (Å²) in [7, 11) is 0. The molecule has 4 rings (SSSR count). The summed E-state index contributed by atoms with van der Waals surface area (Å²) in [4.78, 5) is 26.1. The second kappa shape index (κ2) is 8.33. The highest BCUT2D eigenvalue weighted by atomic mass is 16.2. The predicted octanol–water partition coefficient (Wildman–Crippen LogP) is 4.07. The van der Waals surface area contributed by atoms with Gasteiger partial charge in [0.25, 0.3) is 5.91 Å². The van der Waals surface area contributed by atoms with Gasteiger partial charge < -0.3 is 16.0 Å². The SMILES string of the molecule is O=C(Nc1ccc(NCC2CCCC2)cc1)c1cccc(N2CCNC2=O)c1. The molecule has 6 heteroatoms. The van der Waals surface area contributed by atoms with E-state index in [-0.39, 0.29) is 11.9 Å². The van der Waals surface area contributed by atoms with Crippen molar-refractivity contribution in [3.8, 4) is 0 Å². The highest BCUT2D eigenvalue weighted by molar-refractivity contribution is 6.05. The van der Waals surface area contributed by atoms with Crippen LogP contribution in [-0.2, 0) is 0 Å². The van der Waals surface area contributed by atoms with Crippen molar-refractivity contribution >= 4 is 29.0 Å². The van der Waals surface area contributed by atoms with Crippen LogP contribution < -0.4 is 20.9 Å². The van der Waals surface area contributed by atoms with E-state index in [4.69, 9.17) is 0 Å². The molecule has 1 saturated carbocycles. The van der Waals surface area contributed by atoms with Crippen LogP contribution in [0.25, 0.3) is 0 Å². The lowest BCUT2D eigenvalue weighted by Crippen LogP contribution is -2.27. The molecule has 2 aliphatic rings. The fourth-order valence-electron chi connectivity index (χ4n) is 3.88. The van der Waals surface area contributed by atoms with Crippen LogP contribution in [0.2, 0.25) is 0 Å². The Balaban J connectivity index is 1.36. The Kier molecular flexibility index (Phi) is 5.46. The predicted molar refractivity (Wildman–Crippen MR) is 112 cm³/mol. The van der Waals surface area contributed by atoms with Gasteiger partial charge in [-0.1, -0.05) is 18.9 Å². The Morgan fingerprint density at radius 3 is 2.54 bits per heavy atom. The van der Waals surface area contributed by atoms with Crippen molar-refractivity contribution in [2.75, 3.05) is 35.2 Å². The first kappa shape index (κ1) is 18.3. The maximum Gasteiger partial charge on any atom is 0.321 e. The van der Waals surface area contributed by atoms with Crippen molar-refractivity contribution in [3.63, 3.8) is 0 Å². The van der Waals surface area contributed by atoms with Gasteiger partial charge in [0.1, 0.15) is 0 Å². The summed E-state index contributed by atoms with van der Waals surface area (Å²) in [6.45, 7) is 2.25. The summed E-state index contributed by atoms with van der Waals surface area (Å²) in [6, 6.07) is 14.8. The first-order valence-corrected chi connectivity index (χ1v) is 10.00. The summed E-state index contributed by atoms with van der Waals surface area (Å²) < 4.78 is 0. The maximum absolute atomic E-state index is 12.6. The van der Waals surface area contributed by atoms with E-state index < -0.39 is 0 Å². The van der Waals surface area contributed by atoms with Gasteiger partial charge >= 0.3 is 6.03 Å². The molecule has 0 spiro atoms. The van der Waals surface area contributed by atoms with Crippen LogP contribution in [0.15, 0.2) is 48.5 Å². The molecule has 1 aliphatic carbocycles. The average molecular weight is 378 g/mol. The summed E-state index contributed by atoms with van der Waals surface area (Å²) in [5.41, 5.74) is 3.09. The molecule has 0 radical (unpaired) electrons. The fraction of sp³-hybridized carbons (Fsp3) is 0.364. The van der Waals surface area contributed by atoms with E-state index in [2.05, 4.69) is 16.0 Å². The summed E-state index contributed by atoms with van der Waals surface area (Å²) >= 11 is 0. The van der Waals surface area contributed by atoms with Crippen LogP contribution in [0.3, 0.4) is 0 Å². The van der Waals surface area contributed by atoms with E-state index in [1.54, 1.807) is 23.1 Å². The number of urea groups is 1. The highest BCUT2D eigenvalue weighted by Gasteiger charge is 2.21. The van der Waals surface area contributed by atoms with Crippen LogP contribution >= 0.6 is 0 Å². The molecule has 1 aliphatic heterocycles. The molecular weight excluding hydrogens is 352 g/mol. The molecule has 146 valence electrons. The second-order valence-corrected chi connectivity index (χ2v) is 7.50. The average Bonchev–Trinajstić information content (AvgIpc) is 3.39. The van der Waals surface area contributed by atoms with Gasteiger partial charge in [-0.05, 0) is 61.2 Å². The maximum atomic E-state index is 12.6. The lowest BCUT2D eigenvalue weighted by atomic mass is 10.1. The van der Waals surface area contributed by atoms with Gasteiger partial charge in [0.05, 0.1) is 0 Å². The molecule has 2 aromatic rings. The Bertz CT molecular complexity index is 844. The summed E-state index contributed by atoms with van der Waals surface area (Å²) in [6.07, 6.45) is 5.33. The van der Waals surface area contributed by atoms with Gasteiger partial charge in [0.15, 0.2) is 0 Å². The second-order valence-electron chi connectivity index (χ2n) is 7.50. The number of hydrogen-bond donors (Lipinski definition) is 3. The van der Waals surface area contributed by atoms with Crippen molar-refractivity contribution in [1.29, 1.82) is 0 Å². The van der Waals surface area contributed by atoms with Crippen molar-refractivity contribution in [1.82, 2.24) is 5.32 Å². The number of anilines is 3. The molecule has 0 unspecified atom stereocenters. The van der Waals surface area contributed by atoms with Crippen molar-refractivity contribution < 1.29 is 9.59 Å². The smallest absolute Gasteiger partial charge is 0.321 e. The Labute approximate surface area is 165 Å². The lowest BCUT2D eigenvalue weighted by Gasteiger charge is -2.15. The molecule has 6 nitrogen and oxygen atoms in total. The molecule has 0 atom stereocenters. The number of benzene rings is 2. The number of carbonyl (C=O) groups excluding carboxylic acids is 2. The van der Waals surface area contributed by atoms with Crippen LogP contribution in [0.1, 0.15) is 36.0 Å². The van der Waals surface area contributed by atoms with E-state index in [9.17, 15) is 9.59 Å². The van der Waals surface area contributed by atoms with Crippen molar-refractivity contribution in [3.05, 3.63) is 54.1 Å². The van der Waals surface area contributed by atoms with E-state index in [0.29, 0.717) is 18.7 Å². The summed E-state index contributed by atoms with van der Waals surface area (Å²) in [5.74, 6) is 0.595. The minimum absolute atomic E-state index is 0.127. The fourth-order valence-corrected chi connectivity index (χ4v) is 3.88. The molecule has 1 saturated heterocycles. The van der Waals surface area contributed by atoms with Crippen LogP contribution in [0.5, 0.6) is 0 Å². The quantitative estimate of drug-likeness (QED) is 0.709. The molecule has 0 aromatic heterocycles. The number of nitrogens with zero attached hydrogens (tertiary/aromatic N) is 1. The van der Waals surface area contributed by atoms with Gasteiger partial charge in [-0.2, -0.15) is 0 Å². The largest absolute Gasteiger partial charge is 0.385 e. The van der Waals surface area contributed by atoms with Crippen LogP contribution in [0.4, 0.5) is 21.9 Å². The van der Waals surface area contributed by atoms with E-state index in [1.807, 2.05) is 30.3 Å². The molecule has 3 N–H and O–H groups in total. The molecule has 2 fully saturated rings. The lowest BCUT2D eigenvalue weighted by molar-refractivity contribution is 0.102. The molecule has 0 bridgehead atoms. The molecule has 28 heavy (non-hydrogen) atoms. The van der Waals surface area contributed by atoms with Gasteiger partial charge in [-0.3, -0.25) is 9.69 Å². The minimum atomic E-state index is -0.187. The van der Waals surface area contributed by atoms with Crippen molar-refractivity contribution in [2.45, 2.75) is 25.7 Å². The molecule has 1 heterocycles. The third-order valence-electron chi connectivity index (χ3n) is 5.49. The van der Waals surface area contributed by atoms with Gasteiger partial charge in [-0.25, -0.2) is 4.79 Å². The Hall–Kier alpha value is -3.02. The standard InChI is InChI=1S/C22H26N4O2/c27-21(17-6-3-7-20(14-17)26-13-12-23-22(26)28)25-19-10-8-18(9-11-19)24-15-16-4-1-2-5-16/h3,6-11,14,16,24H,1-2,4-5,12-13,15H2,(H,23,28)(H,25,27). The van der Waals surface area contributed by atoms with Gasteiger partial charge in [-0.15, -0.1) is 0 Å². The zero-order valence-corrected chi connectivity index (χ0v) is 15.9. The molecule has 3 amide bonds. The highest BCUT2D eigenvalue weighted by Crippen LogP contribution is 2.25. The number of carbonyl (C=O) groups is 2. The monoisotopic (exact) mass is 378 g/mol. The summed E-state index contributed by atoms with van der Waals surface area (Å²) in [5, 5.41) is 9.18. The number of hydrogen-bond acceptors (Lipinski definition) is 3. The number of rotatable bonds is 6. The zero-order chi connectivity index (χ0) is 19.3. The number of nitrogens with one attached hydrogen (secondary N) is 3. The normalized spacial score (nSPS) is 16.9. The zero-order valence-electron chi connectivity index (χ0n) is 15.9. The molecular formula is C22H26N4O2. The third-order valence-corrected chi connectivity index (χ3v) is 5.49.